The van der Waals surface area contributed by atoms with E-state index in [1.807, 2.05) is 0 Å². The second-order valence-electron chi connectivity index (χ2n) is 7.00. The van der Waals surface area contributed by atoms with Gasteiger partial charge in [-0.1, -0.05) is 47.5 Å². The van der Waals surface area contributed by atoms with Gasteiger partial charge in [-0.15, -0.1) is 0 Å². The lowest BCUT2D eigenvalue weighted by Crippen LogP contribution is -2.09. The van der Waals surface area contributed by atoms with E-state index in [-0.39, 0.29) is 20.4 Å². The summed E-state index contributed by atoms with van der Waals surface area (Å²) >= 11 is 11.6. The predicted octanol–water partition coefficient (Wildman–Crippen LogP) is 6.26. The monoisotopic (exact) mass is 518 g/mol. The van der Waals surface area contributed by atoms with Crippen LogP contribution in [-0.4, -0.2) is 16.8 Å². The Morgan fingerprint density at radius 3 is 1.30 bits per heavy atom. The second kappa shape index (κ2) is 9.19. The molecule has 0 spiro atoms. The van der Waals surface area contributed by atoms with Gasteiger partial charge < -0.3 is 4.18 Å². The van der Waals surface area contributed by atoms with Gasteiger partial charge in [0.1, 0.15) is 10.6 Å². The van der Waals surface area contributed by atoms with Crippen LogP contribution in [0.3, 0.4) is 0 Å². The highest BCUT2D eigenvalue weighted by Crippen LogP contribution is 2.28. The fourth-order valence-corrected chi connectivity index (χ4v) is 5.50. The summed E-state index contributed by atoms with van der Waals surface area (Å²) in [7, 11) is -7.66. The van der Waals surface area contributed by atoms with Crippen LogP contribution >= 0.6 is 23.2 Å². The summed E-state index contributed by atoms with van der Waals surface area (Å²) in [6.07, 6.45) is 0. The Morgan fingerprint density at radius 2 is 0.848 bits per heavy atom. The molecule has 0 radical (unpaired) electrons. The van der Waals surface area contributed by atoms with Crippen LogP contribution in [0.15, 0.2) is 112 Å². The first-order chi connectivity index (χ1) is 15.6. The third-order valence-corrected chi connectivity index (χ3v) is 8.34. The summed E-state index contributed by atoms with van der Waals surface area (Å²) < 4.78 is 55.6. The van der Waals surface area contributed by atoms with Gasteiger partial charge in [0.05, 0.1) is 9.79 Å². The minimum atomic E-state index is -3.99. The van der Waals surface area contributed by atoms with Crippen LogP contribution < -0.4 is 4.18 Å². The van der Waals surface area contributed by atoms with E-state index in [0.717, 1.165) is 11.1 Å². The molecular formula is C24H16Cl2O5S2. The lowest BCUT2D eigenvalue weighted by molar-refractivity contribution is 0.486. The van der Waals surface area contributed by atoms with E-state index < -0.39 is 20.0 Å². The zero-order valence-corrected chi connectivity index (χ0v) is 20.0. The highest BCUT2D eigenvalue weighted by atomic mass is 35.5. The van der Waals surface area contributed by atoms with Gasteiger partial charge in [-0.3, -0.25) is 0 Å². The molecule has 168 valence electrons. The molecule has 0 bridgehead atoms. The van der Waals surface area contributed by atoms with Crippen LogP contribution in [0.1, 0.15) is 0 Å². The van der Waals surface area contributed by atoms with Gasteiger partial charge in [0.2, 0.25) is 9.84 Å². The van der Waals surface area contributed by atoms with E-state index in [9.17, 15) is 16.8 Å². The third-order valence-electron chi connectivity index (χ3n) is 4.78. The Bertz CT molecular complexity index is 1480. The fraction of sp³-hybridized carbons (Fsp3) is 0. The van der Waals surface area contributed by atoms with Gasteiger partial charge in [0, 0.05) is 10.0 Å². The molecule has 0 aliphatic heterocycles. The average molecular weight is 519 g/mol. The summed E-state index contributed by atoms with van der Waals surface area (Å²) in [4.78, 5) is 0.305. The predicted molar refractivity (Wildman–Crippen MR) is 128 cm³/mol. The molecule has 0 fully saturated rings. The van der Waals surface area contributed by atoms with Crippen molar-refractivity contribution in [3.63, 3.8) is 0 Å². The maximum atomic E-state index is 12.8. The quantitative estimate of drug-likeness (QED) is 0.281. The van der Waals surface area contributed by atoms with Crippen molar-refractivity contribution in [2.75, 3.05) is 0 Å². The summed E-state index contributed by atoms with van der Waals surface area (Å²) in [6.45, 7) is 0. The SMILES string of the molecule is O=S(=O)(Oc1ccc(-c2ccc(S(=O)(=O)c3ccc(Cl)cc3)cc2)cc1)c1ccc(Cl)cc1. The van der Waals surface area contributed by atoms with E-state index in [0.29, 0.717) is 10.0 Å². The maximum Gasteiger partial charge on any atom is 0.339 e. The normalized spacial score (nSPS) is 11.8. The highest BCUT2D eigenvalue weighted by molar-refractivity contribution is 7.91. The average Bonchev–Trinajstić information content (AvgIpc) is 2.80. The zero-order chi connectivity index (χ0) is 23.6. The van der Waals surface area contributed by atoms with Gasteiger partial charge in [-0.05, 0) is 83.9 Å². The number of rotatable bonds is 6. The van der Waals surface area contributed by atoms with Crippen molar-refractivity contribution in [1.82, 2.24) is 0 Å². The lowest BCUT2D eigenvalue weighted by atomic mass is 10.1. The summed E-state index contributed by atoms with van der Waals surface area (Å²) in [5.74, 6) is 0.149. The molecule has 0 atom stereocenters. The Morgan fingerprint density at radius 1 is 0.485 bits per heavy atom. The second-order valence-corrected chi connectivity index (χ2v) is 11.4. The summed E-state index contributed by atoms with van der Waals surface area (Å²) in [6, 6.07) is 24.5. The molecule has 0 aliphatic rings. The molecule has 4 aromatic rings. The van der Waals surface area contributed by atoms with Crippen LogP contribution in [-0.2, 0) is 20.0 Å². The Hall–Kier alpha value is -2.84. The van der Waals surface area contributed by atoms with Gasteiger partial charge in [0.25, 0.3) is 0 Å². The lowest BCUT2D eigenvalue weighted by Gasteiger charge is -2.09. The zero-order valence-electron chi connectivity index (χ0n) is 16.9. The number of benzene rings is 4. The first-order valence-corrected chi connectivity index (χ1v) is 13.2. The van der Waals surface area contributed by atoms with Gasteiger partial charge in [0.15, 0.2) is 0 Å². The number of hydrogen-bond acceptors (Lipinski definition) is 5. The molecule has 0 unspecified atom stereocenters. The molecule has 0 saturated carbocycles. The van der Waals surface area contributed by atoms with Crippen LogP contribution in [0, 0.1) is 0 Å². The molecule has 0 saturated heterocycles. The van der Waals surface area contributed by atoms with Crippen LogP contribution in [0.5, 0.6) is 5.75 Å². The number of halogens is 2. The molecule has 0 amide bonds. The van der Waals surface area contributed by atoms with E-state index in [1.165, 1.54) is 72.8 Å². The molecule has 0 N–H and O–H groups in total. The molecule has 4 rings (SSSR count). The summed E-state index contributed by atoms with van der Waals surface area (Å²) in [5, 5.41) is 0.878. The van der Waals surface area contributed by atoms with Crippen LogP contribution in [0.25, 0.3) is 11.1 Å². The molecular weight excluding hydrogens is 503 g/mol. The molecule has 4 aromatic carbocycles. The molecule has 0 aromatic heterocycles. The Kier molecular flexibility index (Phi) is 6.50. The van der Waals surface area contributed by atoms with Gasteiger partial charge in [-0.2, -0.15) is 8.42 Å². The number of sulfone groups is 1. The first kappa shape index (κ1) is 23.3. The van der Waals surface area contributed by atoms with Gasteiger partial charge in [-0.25, -0.2) is 8.42 Å². The maximum absolute atomic E-state index is 12.8. The highest BCUT2D eigenvalue weighted by Gasteiger charge is 2.18. The molecule has 5 nitrogen and oxygen atoms in total. The largest absolute Gasteiger partial charge is 0.379 e. The van der Waals surface area contributed by atoms with E-state index in [1.54, 1.807) is 24.3 Å². The van der Waals surface area contributed by atoms with Crippen molar-refractivity contribution in [2.24, 2.45) is 0 Å². The molecule has 9 heteroatoms. The van der Waals surface area contributed by atoms with E-state index in [4.69, 9.17) is 27.4 Å². The molecule has 0 heterocycles. The van der Waals surface area contributed by atoms with E-state index >= 15 is 0 Å². The van der Waals surface area contributed by atoms with Crippen LogP contribution in [0.4, 0.5) is 0 Å². The third kappa shape index (κ3) is 5.23. The number of hydrogen-bond donors (Lipinski definition) is 0. The van der Waals surface area contributed by atoms with Crippen molar-refractivity contribution >= 4 is 43.2 Å². The molecule has 0 aliphatic carbocycles. The topological polar surface area (TPSA) is 77.5 Å². The Labute approximate surface area is 202 Å². The van der Waals surface area contributed by atoms with Gasteiger partial charge >= 0.3 is 10.1 Å². The van der Waals surface area contributed by atoms with Crippen LogP contribution in [0.2, 0.25) is 10.0 Å². The first-order valence-electron chi connectivity index (χ1n) is 9.56. The standard InChI is InChI=1S/C24H16Cl2O5S2/c25-19-5-13-23(14-6-19)32(27,28)22-11-3-18(4-12-22)17-1-9-21(10-2-17)31-33(29,30)24-15-7-20(26)8-16-24/h1-16H. The van der Waals surface area contributed by atoms with E-state index in [2.05, 4.69) is 0 Å². The van der Waals surface area contributed by atoms with Crippen molar-refractivity contribution < 1.29 is 21.0 Å². The van der Waals surface area contributed by atoms with Crippen molar-refractivity contribution in [2.45, 2.75) is 14.7 Å². The Balaban J connectivity index is 1.52. The summed E-state index contributed by atoms with van der Waals surface area (Å²) in [5.41, 5.74) is 1.53. The molecule has 33 heavy (non-hydrogen) atoms. The van der Waals surface area contributed by atoms with Crippen molar-refractivity contribution in [3.05, 3.63) is 107 Å². The smallest absolute Gasteiger partial charge is 0.339 e. The van der Waals surface area contributed by atoms with Crippen molar-refractivity contribution in [1.29, 1.82) is 0 Å². The minimum Gasteiger partial charge on any atom is -0.379 e. The van der Waals surface area contributed by atoms with Crippen molar-refractivity contribution in [3.8, 4) is 16.9 Å². The minimum absolute atomic E-state index is 0.00605. The fourth-order valence-electron chi connectivity index (χ4n) is 3.06.